The van der Waals surface area contributed by atoms with E-state index in [1.807, 2.05) is 18.4 Å². The number of aliphatic hydroxyl groups excluding tert-OH is 1. The number of likely N-dealkylation sites (tertiary alicyclic amines) is 1. The largest absolute Gasteiger partial charge is 0.468 e. The molecule has 0 aliphatic carbocycles. The number of β-amino-alcohol motifs (C(OH)–C–C–N with tert-alkyl or cyclic N) is 1. The van der Waals surface area contributed by atoms with Crippen molar-refractivity contribution < 1.29 is 19.4 Å². The number of aliphatic hydroxyl groups is 1. The van der Waals surface area contributed by atoms with E-state index in [0.29, 0.717) is 29.4 Å². The van der Waals surface area contributed by atoms with Crippen LogP contribution in [0, 0.1) is 6.92 Å². The number of nitrogens with zero attached hydrogens (tertiary/aromatic N) is 7. The predicted molar refractivity (Wildman–Crippen MR) is 115 cm³/mol. The minimum Gasteiger partial charge on any atom is -0.468 e. The number of hydrogen-bond acceptors (Lipinski definition) is 9. The highest BCUT2D eigenvalue weighted by atomic mass is 16.6. The lowest BCUT2D eigenvalue weighted by Crippen LogP contribution is -2.36. The fraction of sp³-hybridized carbons (Fsp3) is 0.524. The number of imidazole rings is 1. The Kier molecular flexibility index (Phi) is 5.68. The summed E-state index contributed by atoms with van der Waals surface area (Å²) in [4.78, 5) is 35.6. The normalized spacial score (nSPS) is 18.9. The molecule has 3 aromatic rings. The fourth-order valence-electron chi connectivity index (χ4n) is 3.52. The van der Waals surface area contributed by atoms with Crippen LogP contribution in [0.15, 0.2) is 18.7 Å². The van der Waals surface area contributed by atoms with Gasteiger partial charge < -0.3 is 24.0 Å². The highest BCUT2D eigenvalue weighted by molar-refractivity contribution is 5.81. The van der Waals surface area contributed by atoms with Crippen LogP contribution in [-0.4, -0.2) is 76.5 Å². The van der Waals surface area contributed by atoms with Gasteiger partial charge in [0.1, 0.15) is 35.8 Å². The molecular weight excluding hydrogens is 414 g/mol. The van der Waals surface area contributed by atoms with Crippen molar-refractivity contribution in [2.24, 2.45) is 0 Å². The monoisotopic (exact) mass is 441 g/mol. The Labute approximate surface area is 185 Å². The van der Waals surface area contributed by atoms with E-state index in [1.165, 1.54) is 11.2 Å². The van der Waals surface area contributed by atoms with Crippen LogP contribution in [0.1, 0.15) is 33.5 Å². The molecule has 4 heterocycles. The molecule has 4 rings (SSSR count). The number of aryl methyl sites for hydroxylation is 2. The van der Waals surface area contributed by atoms with Gasteiger partial charge in [0.15, 0.2) is 11.2 Å². The van der Waals surface area contributed by atoms with Gasteiger partial charge in [-0.15, -0.1) is 0 Å². The second kappa shape index (κ2) is 8.30. The van der Waals surface area contributed by atoms with Crippen molar-refractivity contribution in [3.05, 3.63) is 24.5 Å². The molecule has 32 heavy (non-hydrogen) atoms. The van der Waals surface area contributed by atoms with Crippen molar-refractivity contribution in [2.75, 3.05) is 13.1 Å². The first-order valence-corrected chi connectivity index (χ1v) is 10.5. The number of carbonyl (C=O) groups excluding carboxylic acids is 1. The first kappa shape index (κ1) is 21.9. The van der Waals surface area contributed by atoms with Gasteiger partial charge in [-0.1, -0.05) is 0 Å². The van der Waals surface area contributed by atoms with Crippen LogP contribution in [0.3, 0.4) is 0 Å². The van der Waals surface area contributed by atoms with E-state index < -0.39 is 23.9 Å². The van der Waals surface area contributed by atoms with Gasteiger partial charge in [0, 0.05) is 18.9 Å². The fourth-order valence-corrected chi connectivity index (χ4v) is 3.52. The molecule has 0 saturated carbocycles. The number of fused-ring (bicyclic) bond motifs is 1. The molecule has 1 amide bonds. The Morgan fingerprint density at radius 2 is 1.91 bits per heavy atom. The maximum absolute atomic E-state index is 12.4. The second-order valence-electron chi connectivity index (χ2n) is 8.66. The van der Waals surface area contributed by atoms with Gasteiger partial charge in [0.25, 0.3) is 0 Å². The Morgan fingerprint density at radius 1 is 1.19 bits per heavy atom. The Hall–Kier alpha value is -3.34. The smallest absolute Gasteiger partial charge is 0.410 e. The average Bonchev–Trinajstić information content (AvgIpc) is 3.28. The predicted octanol–water partition coefficient (Wildman–Crippen LogP) is 1.97. The van der Waals surface area contributed by atoms with Crippen molar-refractivity contribution in [1.29, 1.82) is 0 Å². The maximum atomic E-state index is 12.4. The Bertz CT molecular complexity index is 1120. The minimum atomic E-state index is -0.884. The van der Waals surface area contributed by atoms with Crippen LogP contribution in [0.2, 0.25) is 0 Å². The third-order valence-corrected chi connectivity index (χ3v) is 5.01. The number of ether oxygens (including phenoxy) is 2. The first-order valence-electron chi connectivity index (χ1n) is 10.5. The summed E-state index contributed by atoms with van der Waals surface area (Å²) in [6.07, 6.45) is 2.77. The summed E-state index contributed by atoms with van der Waals surface area (Å²) in [6, 6.07) is 0. The van der Waals surface area contributed by atoms with Crippen molar-refractivity contribution in [1.82, 2.24) is 34.4 Å². The molecule has 0 spiro atoms. The number of hydrogen-bond donors (Lipinski definition) is 1. The highest BCUT2D eigenvalue weighted by Gasteiger charge is 2.38. The number of aromatic nitrogens is 6. The van der Waals surface area contributed by atoms with Crippen LogP contribution in [0.4, 0.5) is 4.79 Å². The Balaban J connectivity index is 1.61. The minimum absolute atomic E-state index is 0.114. The quantitative estimate of drug-likeness (QED) is 0.646. The Morgan fingerprint density at radius 3 is 2.56 bits per heavy atom. The van der Waals surface area contributed by atoms with Crippen LogP contribution < -0.4 is 4.74 Å². The molecular formula is C21H27N7O4. The van der Waals surface area contributed by atoms with Gasteiger partial charge >= 0.3 is 6.09 Å². The van der Waals surface area contributed by atoms with Gasteiger partial charge in [0.05, 0.1) is 18.7 Å². The van der Waals surface area contributed by atoms with Gasteiger partial charge in [0.2, 0.25) is 5.88 Å². The molecule has 1 fully saturated rings. The summed E-state index contributed by atoms with van der Waals surface area (Å²) in [5, 5.41) is 10.5. The van der Waals surface area contributed by atoms with E-state index in [1.54, 1.807) is 33.2 Å². The highest BCUT2D eigenvalue weighted by Crippen LogP contribution is 2.29. The summed E-state index contributed by atoms with van der Waals surface area (Å²) in [7, 11) is 0. The van der Waals surface area contributed by atoms with Crippen LogP contribution >= 0.6 is 0 Å². The lowest BCUT2D eigenvalue weighted by Gasteiger charge is -2.24. The van der Waals surface area contributed by atoms with Crippen molar-refractivity contribution in [3.63, 3.8) is 0 Å². The molecule has 170 valence electrons. The number of carbonyl (C=O) groups is 1. The van der Waals surface area contributed by atoms with E-state index in [9.17, 15) is 9.90 Å². The summed E-state index contributed by atoms with van der Waals surface area (Å²) in [5.74, 6) is 1.56. The number of rotatable bonds is 4. The zero-order valence-corrected chi connectivity index (χ0v) is 18.8. The molecule has 1 aliphatic heterocycles. The van der Waals surface area contributed by atoms with Crippen LogP contribution in [0.25, 0.3) is 22.6 Å². The maximum Gasteiger partial charge on any atom is 0.410 e. The molecule has 1 aliphatic rings. The molecule has 1 saturated heterocycles. The van der Waals surface area contributed by atoms with Crippen molar-refractivity contribution >= 4 is 17.3 Å². The lowest BCUT2D eigenvalue weighted by atomic mass is 10.2. The molecule has 3 aromatic heterocycles. The topological polar surface area (TPSA) is 128 Å². The molecule has 0 unspecified atom stereocenters. The van der Waals surface area contributed by atoms with Crippen molar-refractivity contribution in [2.45, 2.75) is 59.0 Å². The molecule has 11 heteroatoms. The van der Waals surface area contributed by atoms with Gasteiger partial charge in [-0.2, -0.15) is 4.98 Å². The third-order valence-electron chi connectivity index (χ3n) is 5.01. The summed E-state index contributed by atoms with van der Waals surface area (Å²) in [6.45, 7) is 10.1. The zero-order valence-electron chi connectivity index (χ0n) is 18.8. The van der Waals surface area contributed by atoms with Crippen molar-refractivity contribution in [3.8, 4) is 17.3 Å². The van der Waals surface area contributed by atoms with E-state index in [0.717, 1.165) is 5.56 Å². The second-order valence-corrected chi connectivity index (χ2v) is 8.66. The van der Waals surface area contributed by atoms with E-state index in [-0.39, 0.29) is 19.0 Å². The van der Waals surface area contributed by atoms with E-state index in [4.69, 9.17) is 14.5 Å². The molecule has 0 bridgehead atoms. The average molecular weight is 441 g/mol. The standard InChI is InChI=1S/C21H27N7O4/c1-6-28-17(13-7-22-12(2)23-8-13)26-16-18(28)24-11-25-19(16)31-15-10-27(9-14(15)29)20(30)32-21(3,4)5/h7-8,11,14-15,29H,6,9-10H2,1-5H3/t14-,15-/m1/s1. The third kappa shape index (κ3) is 4.33. The van der Waals surface area contributed by atoms with Gasteiger partial charge in [-0.25, -0.2) is 24.7 Å². The zero-order chi connectivity index (χ0) is 23.0. The molecule has 2 atom stereocenters. The lowest BCUT2D eigenvalue weighted by molar-refractivity contribution is 0.0268. The van der Waals surface area contributed by atoms with Gasteiger partial charge in [-0.05, 0) is 34.6 Å². The first-order chi connectivity index (χ1) is 15.2. The number of amides is 1. The molecule has 1 N–H and O–H groups in total. The van der Waals surface area contributed by atoms with Gasteiger partial charge in [-0.3, -0.25) is 0 Å². The summed E-state index contributed by atoms with van der Waals surface area (Å²) >= 11 is 0. The summed E-state index contributed by atoms with van der Waals surface area (Å²) in [5.41, 5.74) is 1.19. The van der Waals surface area contributed by atoms with E-state index >= 15 is 0 Å². The molecule has 0 aromatic carbocycles. The van der Waals surface area contributed by atoms with Crippen LogP contribution in [-0.2, 0) is 11.3 Å². The molecule has 0 radical (unpaired) electrons. The van der Waals surface area contributed by atoms with Crippen LogP contribution in [0.5, 0.6) is 5.88 Å². The van der Waals surface area contributed by atoms with E-state index in [2.05, 4.69) is 19.9 Å². The summed E-state index contributed by atoms with van der Waals surface area (Å²) < 4.78 is 13.3. The SMILES string of the molecule is CCn1c(-c2cnc(C)nc2)nc2c(O[C@@H]3CN(C(=O)OC(C)(C)C)C[C@H]3O)ncnc21. The molecule has 11 nitrogen and oxygen atoms in total.